The van der Waals surface area contributed by atoms with Crippen LogP contribution in [0.5, 0.6) is 11.5 Å². The molecular formula is C15H13N3O3S2. The summed E-state index contributed by atoms with van der Waals surface area (Å²) in [4.78, 5) is 11.9. The summed E-state index contributed by atoms with van der Waals surface area (Å²) in [7, 11) is 0. The van der Waals surface area contributed by atoms with Gasteiger partial charge in [0.25, 0.3) is 0 Å². The lowest BCUT2D eigenvalue weighted by Gasteiger charge is -1.98. The molecule has 6 nitrogen and oxygen atoms in total. The molecule has 1 N–H and O–H groups in total. The molecule has 0 bridgehead atoms. The van der Waals surface area contributed by atoms with E-state index in [1.807, 2.05) is 18.2 Å². The number of hydrogen-bond donors (Lipinski definition) is 1. The summed E-state index contributed by atoms with van der Waals surface area (Å²) in [6.45, 7) is 3.87. The molecule has 0 saturated heterocycles. The summed E-state index contributed by atoms with van der Waals surface area (Å²) in [5, 5.41) is 11.1. The van der Waals surface area contributed by atoms with Gasteiger partial charge in [-0.25, -0.2) is 0 Å². The van der Waals surface area contributed by atoms with Crippen LogP contribution >= 0.6 is 23.1 Å². The molecule has 0 radical (unpaired) electrons. The summed E-state index contributed by atoms with van der Waals surface area (Å²) in [6, 6.07) is 5.49. The number of nitrogens with zero attached hydrogens (tertiary/aromatic N) is 2. The largest absolute Gasteiger partial charge is 0.454 e. The SMILES string of the molecule is C=CCSc1nnc(NC(=O)/C=C/c2ccc3c(c2)OCO3)s1. The van der Waals surface area contributed by atoms with Crippen LogP contribution in [0.2, 0.25) is 0 Å². The topological polar surface area (TPSA) is 73.3 Å². The number of benzene rings is 1. The first kappa shape index (κ1) is 15.6. The van der Waals surface area contributed by atoms with Gasteiger partial charge < -0.3 is 9.47 Å². The molecule has 1 aromatic carbocycles. The summed E-state index contributed by atoms with van der Waals surface area (Å²) in [5.74, 6) is 1.89. The number of hydrogen-bond acceptors (Lipinski definition) is 7. The maximum Gasteiger partial charge on any atom is 0.250 e. The highest BCUT2D eigenvalue weighted by Crippen LogP contribution is 2.32. The number of fused-ring (bicyclic) bond motifs is 1. The van der Waals surface area contributed by atoms with Gasteiger partial charge in [0.1, 0.15) is 0 Å². The van der Waals surface area contributed by atoms with Gasteiger partial charge in [0.2, 0.25) is 17.8 Å². The van der Waals surface area contributed by atoms with Gasteiger partial charge in [-0.15, -0.1) is 16.8 Å². The Morgan fingerprint density at radius 3 is 3.13 bits per heavy atom. The smallest absolute Gasteiger partial charge is 0.250 e. The van der Waals surface area contributed by atoms with E-state index in [2.05, 4.69) is 22.1 Å². The van der Waals surface area contributed by atoms with E-state index in [0.29, 0.717) is 16.6 Å². The number of nitrogens with one attached hydrogen (secondary N) is 1. The average molecular weight is 347 g/mol. The fourth-order valence-electron chi connectivity index (χ4n) is 1.78. The molecule has 1 amide bonds. The first-order valence-corrected chi connectivity index (χ1v) is 8.51. The lowest BCUT2D eigenvalue weighted by atomic mass is 10.2. The number of rotatable bonds is 6. The number of carbonyl (C=O) groups is 1. The minimum Gasteiger partial charge on any atom is -0.454 e. The molecule has 2 aromatic rings. The van der Waals surface area contributed by atoms with Crippen molar-refractivity contribution in [1.82, 2.24) is 10.2 Å². The van der Waals surface area contributed by atoms with Gasteiger partial charge in [-0.1, -0.05) is 35.2 Å². The zero-order valence-corrected chi connectivity index (χ0v) is 13.7. The predicted octanol–water partition coefficient (Wildman–Crippen LogP) is 3.20. The van der Waals surface area contributed by atoms with Gasteiger partial charge in [-0.2, -0.15) is 0 Å². The van der Waals surface area contributed by atoms with Gasteiger partial charge in [-0.3, -0.25) is 10.1 Å². The van der Waals surface area contributed by atoms with Crippen molar-refractivity contribution in [3.05, 3.63) is 42.5 Å². The van der Waals surface area contributed by atoms with E-state index in [1.54, 1.807) is 12.2 Å². The van der Waals surface area contributed by atoms with Crippen LogP contribution in [0.4, 0.5) is 5.13 Å². The molecule has 0 unspecified atom stereocenters. The summed E-state index contributed by atoms with van der Waals surface area (Å²) in [5.41, 5.74) is 0.851. The van der Waals surface area contributed by atoms with E-state index in [0.717, 1.165) is 15.7 Å². The molecule has 1 aliphatic rings. The number of carbonyl (C=O) groups excluding carboxylic acids is 1. The van der Waals surface area contributed by atoms with Crippen molar-refractivity contribution in [3.63, 3.8) is 0 Å². The van der Waals surface area contributed by atoms with Gasteiger partial charge in [0.05, 0.1) is 0 Å². The third kappa shape index (κ3) is 4.11. The second kappa shape index (κ2) is 7.30. The number of ether oxygens (including phenoxy) is 2. The molecule has 23 heavy (non-hydrogen) atoms. The molecule has 2 heterocycles. The molecule has 118 valence electrons. The molecule has 0 fully saturated rings. The highest BCUT2D eigenvalue weighted by Gasteiger charge is 2.12. The molecule has 8 heteroatoms. The Morgan fingerprint density at radius 1 is 1.39 bits per heavy atom. The predicted molar refractivity (Wildman–Crippen MR) is 91.1 cm³/mol. The normalized spacial score (nSPS) is 12.5. The summed E-state index contributed by atoms with van der Waals surface area (Å²) in [6.07, 6.45) is 4.93. The Labute approximate surface area is 141 Å². The fraction of sp³-hybridized carbons (Fsp3) is 0.133. The van der Waals surface area contributed by atoms with Gasteiger partial charge in [0, 0.05) is 11.8 Å². The highest BCUT2D eigenvalue weighted by atomic mass is 32.2. The van der Waals surface area contributed by atoms with Crippen molar-refractivity contribution in [2.45, 2.75) is 4.34 Å². The van der Waals surface area contributed by atoms with Crippen LogP contribution in [0.1, 0.15) is 5.56 Å². The van der Waals surface area contributed by atoms with Crippen LogP contribution in [-0.2, 0) is 4.79 Å². The van der Waals surface area contributed by atoms with E-state index in [1.165, 1.54) is 29.2 Å². The Morgan fingerprint density at radius 2 is 2.26 bits per heavy atom. The van der Waals surface area contributed by atoms with Crippen molar-refractivity contribution in [1.29, 1.82) is 0 Å². The van der Waals surface area contributed by atoms with Gasteiger partial charge in [0.15, 0.2) is 15.8 Å². The Balaban J connectivity index is 1.58. The van der Waals surface area contributed by atoms with E-state index in [9.17, 15) is 4.79 Å². The second-order valence-electron chi connectivity index (χ2n) is 4.41. The number of thioether (sulfide) groups is 1. The zero-order chi connectivity index (χ0) is 16.1. The summed E-state index contributed by atoms with van der Waals surface area (Å²) >= 11 is 2.85. The first-order valence-electron chi connectivity index (χ1n) is 6.70. The fourth-order valence-corrected chi connectivity index (χ4v) is 3.30. The number of aromatic nitrogens is 2. The van der Waals surface area contributed by atoms with Crippen molar-refractivity contribution in [2.75, 3.05) is 17.9 Å². The highest BCUT2D eigenvalue weighted by molar-refractivity contribution is 8.01. The molecule has 0 spiro atoms. The van der Waals surface area contributed by atoms with E-state index < -0.39 is 0 Å². The monoisotopic (exact) mass is 347 g/mol. The molecule has 1 aromatic heterocycles. The molecule has 0 aliphatic carbocycles. The standard InChI is InChI=1S/C15H13N3O3S2/c1-2-7-22-15-18-17-14(23-15)16-13(19)6-4-10-3-5-11-12(8-10)21-9-20-11/h2-6,8H,1,7,9H2,(H,16,17,19)/b6-4+. The van der Waals surface area contributed by atoms with Crippen LogP contribution < -0.4 is 14.8 Å². The van der Waals surface area contributed by atoms with Crippen LogP contribution in [0.25, 0.3) is 6.08 Å². The Kier molecular flexibility index (Phi) is 4.94. The van der Waals surface area contributed by atoms with Crippen molar-refractivity contribution >= 4 is 40.2 Å². The van der Waals surface area contributed by atoms with Crippen LogP contribution in [0, 0.1) is 0 Å². The van der Waals surface area contributed by atoms with E-state index >= 15 is 0 Å². The molecule has 0 saturated carbocycles. The lowest BCUT2D eigenvalue weighted by Crippen LogP contribution is -2.07. The Hall–Kier alpha value is -2.32. The maximum atomic E-state index is 11.9. The molecule has 1 aliphatic heterocycles. The maximum absolute atomic E-state index is 11.9. The minimum atomic E-state index is -0.265. The van der Waals surface area contributed by atoms with Crippen molar-refractivity contribution in [2.24, 2.45) is 0 Å². The van der Waals surface area contributed by atoms with E-state index in [-0.39, 0.29) is 12.7 Å². The summed E-state index contributed by atoms with van der Waals surface area (Å²) < 4.78 is 11.3. The third-order valence-corrected chi connectivity index (χ3v) is 4.75. The lowest BCUT2D eigenvalue weighted by molar-refractivity contribution is -0.111. The molecular weight excluding hydrogens is 334 g/mol. The van der Waals surface area contributed by atoms with Crippen molar-refractivity contribution < 1.29 is 14.3 Å². The van der Waals surface area contributed by atoms with Crippen LogP contribution in [-0.4, -0.2) is 28.7 Å². The number of amides is 1. The van der Waals surface area contributed by atoms with Crippen LogP contribution in [0.3, 0.4) is 0 Å². The Bertz CT molecular complexity index is 758. The second-order valence-corrected chi connectivity index (χ2v) is 6.65. The van der Waals surface area contributed by atoms with Gasteiger partial charge >= 0.3 is 0 Å². The van der Waals surface area contributed by atoms with Crippen LogP contribution in [0.15, 0.2) is 41.3 Å². The quantitative estimate of drug-likeness (QED) is 0.374. The van der Waals surface area contributed by atoms with Crippen molar-refractivity contribution in [3.8, 4) is 11.5 Å². The number of anilines is 1. The molecule has 3 rings (SSSR count). The first-order chi connectivity index (χ1) is 11.2. The van der Waals surface area contributed by atoms with Gasteiger partial charge in [-0.05, 0) is 23.8 Å². The third-order valence-electron chi connectivity index (χ3n) is 2.79. The minimum absolute atomic E-state index is 0.228. The van der Waals surface area contributed by atoms with E-state index in [4.69, 9.17) is 9.47 Å². The average Bonchev–Trinajstić information content (AvgIpc) is 3.19. The molecule has 0 atom stereocenters. The zero-order valence-electron chi connectivity index (χ0n) is 12.0.